The molecule has 0 fully saturated rings. The van der Waals surface area contributed by atoms with Crippen LogP contribution >= 0.6 is 11.6 Å². The highest BCUT2D eigenvalue weighted by Crippen LogP contribution is 2.29. The van der Waals surface area contributed by atoms with Crippen LogP contribution in [0.5, 0.6) is 0 Å². The smallest absolute Gasteiger partial charge is 0.207 e. The van der Waals surface area contributed by atoms with Crippen LogP contribution in [0.2, 0.25) is 5.02 Å². The molecule has 0 aliphatic heterocycles. The minimum absolute atomic E-state index is 0.146. The molecule has 0 unspecified atom stereocenters. The van der Waals surface area contributed by atoms with E-state index in [2.05, 4.69) is 4.98 Å². The molecule has 1 aromatic carbocycles. The highest BCUT2D eigenvalue weighted by atomic mass is 35.5. The standard InChI is InChI=1S/C7H5ClFN2/c1-4-5(9)2-3-6(11-10)7(4)8/h2-3H,1H3/q+1. The van der Waals surface area contributed by atoms with Gasteiger partial charge in [0.25, 0.3) is 0 Å². The van der Waals surface area contributed by atoms with E-state index in [1.54, 1.807) is 0 Å². The van der Waals surface area contributed by atoms with E-state index in [-0.39, 0.29) is 10.7 Å². The third kappa shape index (κ3) is 1.31. The van der Waals surface area contributed by atoms with Gasteiger partial charge in [-0.25, -0.2) is 4.39 Å². The van der Waals surface area contributed by atoms with Crippen LogP contribution in [0.25, 0.3) is 4.98 Å². The lowest BCUT2D eigenvalue weighted by Gasteiger charge is -1.93. The van der Waals surface area contributed by atoms with Gasteiger partial charge in [0, 0.05) is 11.6 Å². The van der Waals surface area contributed by atoms with Crippen LogP contribution in [0.1, 0.15) is 5.56 Å². The molecule has 0 spiro atoms. The maximum Gasteiger partial charge on any atom is 0.403 e. The number of nitrogens with zero attached hydrogens (tertiary/aromatic N) is 2. The van der Waals surface area contributed by atoms with Gasteiger partial charge in [0.2, 0.25) is 5.39 Å². The fourth-order valence-electron chi connectivity index (χ4n) is 0.724. The largest absolute Gasteiger partial charge is 0.403 e. The fourth-order valence-corrected chi connectivity index (χ4v) is 0.915. The molecule has 11 heavy (non-hydrogen) atoms. The van der Waals surface area contributed by atoms with Crippen molar-refractivity contribution in [3.05, 3.63) is 33.5 Å². The Balaban J connectivity index is 3.40. The Bertz CT molecular complexity index is 330. The summed E-state index contributed by atoms with van der Waals surface area (Å²) in [6.45, 7) is 1.52. The van der Waals surface area contributed by atoms with Crippen molar-refractivity contribution < 1.29 is 4.39 Å². The molecular weight excluding hydrogens is 167 g/mol. The molecule has 0 aliphatic carbocycles. The molecule has 0 heterocycles. The van der Waals surface area contributed by atoms with Crippen LogP contribution in [0.15, 0.2) is 12.1 Å². The van der Waals surface area contributed by atoms with Gasteiger partial charge in [0.05, 0.1) is 0 Å². The third-order valence-corrected chi connectivity index (χ3v) is 1.88. The number of benzene rings is 1. The molecule has 0 amide bonds. The van der Waals surface area contributed by atoms with Crippen LogP contribution in [-0.2, 0) is 0 Å². The molecule has 0 N–H and O–H groups in total. The van der Waals surface area contributed by atoms with Gasteiger partial charge in [-0.3, -0.25) is 0 Å². The van der Waals surface area contributed by atoms with Crippen molar-refractivity contribution in [1.82, 2.24) is 0 Å². The first-order valence-electron chi connectivity index (χ1n) is 2.96. The maximum absolute atomic E-state index is 12.7. The molecule has 2 nitrogen and oxygen atoms in total. The third-order valence-electron chi connectivity index (χ3n) is 1.41. The van der Waals surface area contributed by atoms with Crippen molar-refractivity contribution in [2.24, 2.45) is 0 Å². The number of rotatable bonds is 0. The van der Waals surface area contributed by atoms with Crippen LogP contribution in [0, 0.1) is 18.1 Å². The lowest BCUT2D eigenvalue weighted by atomic mass is 10.2. The Hall–Kier alpha value is -1.14. The lowest BCUT2D eigenvalue weighted by molar-refractivity contribution is 0.619. The highest BCUT2D eigenvalue weighted by molar-refractivity contribution is 6.34. The van der Waals surface area contributed by atoms with Gasteiger partial charge in [-0.15, -0.1) is 0 Å². The van der Waals surface area contributed by atoms with E-state index in [1.807, 2.05) is 0 Å². The summed E-state index contributed by atoms with van der Waals surface area (Å²) in [4.78, 5) is 2.87. The van der Waals surface area contributed by atoms with Crippen molar-refractivity contribution in [3.8, 4) is 0 Å². The molecule has 56 valence electrons. The van der Waals surface area contributed by atoms with Gasteiger partial charge in [0.15, 0.2) is 4.98 Å². The lowest BCUT2D eigenvalue weighted by Crippen LogP contribution is -1.81. The zero-order valence-corrected chi connectivity index (χ0v) is 6.56. The second kappa shape index (κ2) is 2.85. The number of hydrogen-bond acceptors (Lipinski definition) is 1. The van der Waals surface area contributed by atoms with E-state index in [0.29, 0.717) is 5.56 Å². The van der Waals surface area contributed by atoms with Gasteiger partial charge in [-0.2, -0.15) is 0 Å². The van der Waals surface area contributed by atoms with Crippen molar-refractivity contribution in [2.45, 2.75) is 6.92 Å². The van der Waals surface area contributed by atoms with Gasteiger partial charge < -0.3 is 0 Å². The Labute approximate surface area is 68.2 Å². The van der Waals surface area contributed by atoms with Crippen LogP contribution in [0.3, 0.4) is 0 Å². The van der Waals surface area contributed by atoms with Crippen molar-refractivity contribution in [2.75, 3.05) is 0 Å². The molecule has 0 atom stereocenters. The minimum atomic E-state index is -0.401. The molecule has 1 aromatic rings. The summed E-state index contributed by atoms with van der Waals surface area (Å²) in [5, 5.41) is 8.50. The van der Waals surface area contributed by atoms with E-state index < -0.39 is 5.82 Å². The average Bonchev–Trinajstić information content (AvgIpc) is 2.01. The molecule has 4 heteroatoms. The van der Waals surface area contributed by atoms with E-state index in [1.165, 1.54) is 19.1 Å². The summed E-state index contributed by atoms with van der Waals surface area (Å²) in [6, 6.07) is 2.51. The minimum Gasteiger partial charge on any atom is -0.207 e. The van der Waals surface area contributed by atoms with Gasteiger partial charge >= 0.3 is 5.69 Å². The average molecular weight is 172 g/mol. The van der Waals surface area contributed by atoms with Gasteiger partial charge in [-0.05, 0) is 13.0 Å². The van der Waals surface area contributed by atoms with Crippen LogP contribution < -0.4 is 0 Å². The Morgan fingerprint density at radius 2 is 2.18 bits per heavy atom. The first kappa shape index (κ1) is 7.96. The number of halogens is 2. The Morgan fingerprint density at radius 3 is 2.73 bits per heavy atom. The highest BCUT2D eigenvalue weighted by Gasteiger charge is 2.15. The quantitative estimate of drug-likeness (QED) is 0.551. The molecule has 0 aromatic heterocycles. The zero-order chi connectivity index (χ0) is 8.43. The predicted molar refractivity (Wildman–Crippen MR) is 40.9 cm³/mol. The summed E-state index contributed by atoms with van der Waals surface area (Å²) in [7, 11) is 0. The van der Waals surface area contributed by atoms with Crippen LogP contribution in [-0.4, -0.2) is 0 Å². The Morgan fingerprint density at radius 1 is 1.55 bits per heavy atom. The summed E-state index contributed by atoms with van der Waals surface area (Å²) in [6.07, 6.45) is 0. The summed E-state index contributed by atoms with van der Waals surface area (Å²) < 4.78 is 12.7. The summed E-state index contributed by atoms with van der Waals surface area (Å²) in [5.41, 5.74) is 0.479. The Kier molecular flexibility index (Phi) is 2.06. The van der Waals surface area contributed by atoms with E-state index in [9.17, 15) is 4.39 Å². The molecule has 0 aliphatic rings. The van der Waals surface area contributed by atoms with Crippen LogP contribution in [0.4, 0.5) is 10.1 Å². The predicted octanol–water partition coefficient (Wildman–Crippen LogP) is 3.27. The van der Waals surface area contributed by atoms with Crippen molar-refractivity contribution in [3.63, 3.8) is 0 Å². The first-order valence-corrected chi connectivity index (χ1v) is 3.34. The number of diazo groups is 1. The second-order valence-electron chi connectivity index (χ2n) is 2.11. The van der Waals surface area contributed by atoms with E-state index >= 15 is 0 Å². The maximum atomic E-state index is 12.7. The first-order chi connectivity index (χ1) is 5.16. The van der Waals surface area contributed by atoms with Crippen molar-refractivity contribution >= 4 is 17.3 Å². The van der Waals surface area contributed by atoms with Gasteiger partial charge in [0.1, 0.15) is 10.8 Å². The molecule has 1 rings (SSSR count). The summed E-state index contributed by atoms with van der Waals surface area (Å²) in [5.74, 6) is -0.401. The normalized spacial score (nSPS) is 9.27. The summed E-state index contributed by atoms with van der Waals surface area (Å²) >= 11 is 5.60. The monoisotopic (exact) mass is 171 g/mol. The molecular formula is C7H5ClFN2+. The number of hydrogen-bond donors (Lipinski definition) is 0. The SMILES string of the molecule is Cc1c(F)ccc([N+]#N)c1Cl. The molecule has 0 saturated heterocycles. The molecule has 0 saturated carbocycles. The van der Waals surface area contributed by atoms with E-state index in [4.69, 9.17) is 17.0 Å². The zero-order valence-electron chi connectivity index (χ0n) is 5.81. The van der Waals surface area contributed by atoms with Crippen molar-refractivity contribution in [1.29, 1.82) is 5.39 Å². The topological polar surface area (TPSA) is 28.1 Å². The van der Waals surface area contributed by atoms with Gasteiger partial charge in [-0.1, -0.05) is 11.6 Å². The fraction of sp³-hybridized carbons (Fsp3) is 0.143. The second-order valence-corrected chi connectivity index (χ2v) is 2.48. The molecule has 0 radical (unpaired) electrons. The van der Waals surface area contributed by atoms with E-state index in [0.717, 1.165) is 0 Å². The molecule has 0 bridgehead atoms.